The van der Waals surface area contributed by atoms with E-state index in [4.69, 9.17) is 9.72 Å². The Morgan fingerprint density at radius 1 is 1.00 bits per heavy atom. The zero-order valence-corrected chi connectivity index (χ0v) is 29.7. The van der Waals surface area contributed by atoms with E-state index < -0.39 is 17.7 Å². The van der Waals surface area contributed by atoms with Gasteiger partial charge in [0.15, 0.2) is 0 Å². The van der Waals surface area contributed by atoms with Crippen molar-refractivity contribution in [3.05, 3.63) is 94.7 Å². The van der Waals surface area contributed by atoms with Crippen LogP contribution in [0.15, 0.2) is 77.6 Å². The van der Waals surface area contributed by atoms with Crippen LogP contribution in [0.3, 0.4) is 0 Å². The topological polar surface area (TPSA) is 115 Å². The molecule has 1 aliphatic rings. The van der Waals surface area contributed by atoms with E-state index in [1.807, 2.05) is 92.4 Å². The number of fused-ring (bicyclic) bond motifs is 2. The maximum Gasteiger partial charge on any atom is 0.408 e. The van der Waals surface area contributed by atoms with Gasteiger partial charge in [0, 0.05) is 64.3 Å². The zero-order chi connectivity index (χ0) is 35.6. The average molecular weight is 681 g/mol. The largest absolute Gasteiger partial charge is 0.465 e. The summed E-state index contributed by atoms with van der Waals surface area (Å²) in [5, 5.41) is 10.4. The van der Waals surface area contributed by atoms with E-state index >= 15 is 0 Å². The van der Waals surface area contributed by atoms with Gasteiger partial charge in [-0.25, -0.2) is 14.6 Å². The molecule has 264 valence electrons. The molecule has 3 aromatic carbocycles. The SMILES string of the molecule is COCCCn1c([C@@H]2CCCN(C(=O)C[C@@H](Cc3ccc(-n4c(=O)n(C)c5ccccc54)cc3)N(C(=O)O)C(C)(C)C)C2)nc2ccccc21. The van der Waals surface area contributed by atoms with Crippen molar-refractivity contribution < 1.29 is 19.4 Å². The average Bonchev–Trinajstić information content (AvgIpc) is 3.58. The summed E-state index contributed by atoms with van der Waals surface area (Å²) in [6.07, 6.45) is 1.99. The summed E-state index contributed by atoms with van der Waals surface area (Å²) in [7, 11) is 3.47. The first kappa shape index (κ1) is 34.9. The van der Waals surface area contributed by atoms with Crippen molar-refractivity contribution in [3.63, 3.8) is 0 Å². The summed E-state index contributed by atoms with van der Waals surface area (Å²) in [5.74, 6) is 1.00. The smallest absolute Gasteiger partial charge is 0.408 e. The van der Waals surface area contributed by atoms with Crippen molar-refractivity contribution in [2.75, 3.05) is 26.8 Å². The Kier molecular flexibility index (Phi) is 10.2. The quantitative estimate of drug-likeness (QED) is 0.166. The third-order valence-corrected chi connectivity index (χ3v) is 9.89. The minimum absolute atomic E-state index is 0.0591. The van der Waals surface area contributed by atoms with Gasteiger partial charge in [-0.3, -0.25) is 18.8 Å². The van der Waals surface area contributed by atoms with Crippen LogP contribution in [0, 0.1) is 0 Å². The van der Waals surface area contributed by atoms with Gasteiger partial charge in [0.25, 0.3) is 0 Å². The van der Waals surface area contributed by atoms with Gasteiger partial charge < -0.3 is 19.3 Å². The molecule has 2 aromatic heterocycles. The van der Waals surface area contributed by atoms with Gasteiger partial charge in [-0.05, 0) is 88.4 Å². The molecular weight excluding hydrogens is 632 g/mol. The van der Waals surface area contributed by atoms with E-state index in [1.54, 1.807) is 23.3 Å². The highest BCUT2D eigenvalue weighted by molar-refractivity contribution is 5.79. The van der Waals surface area contributed by atoms with Crippen LogP contribution in [0.1, 0.15) is 63.8 Å². The number of methoxy groups -OCH3 is 1. The highest BCUT2D eigenvalue weighted by Gasteiger charge is 2.37. The molecule has 5 aromatic rings. The Balaban J connectivity index is 1.24. The number of benzene rings is 3. The number of aryl methyl sites for hydroxylation is 2. The first-order valence-electron chi connectivity index (χ1n) is 17.5. The monoisotopic (exact) mass is 680 g/mol. The lowest BCUT2D eigenvalue weighted by atomic mass is 9.93. The van der Waals surface area contributed by atoms with Crippen LogP contribution >= 0.6 is 0 Å². The van der Waals surface area contributed by atoms with E-state index in [1.165, 1.54) is 4.90 Å². The maximum absolute atomic E-state index is 14.1. The highest BCUT2D eigenvalue weighted by atomic mass is 16.5. The summed E-state index contributed by atoms with van der Waals surface area (Å²) in [5.41, 5.74) is 4.42. The molecule has 50 heavy (non-hydrogen) atoms. The number of likely N-dealkylation sites (tertiary alicyclic amines) is 1. The first-order valence-corrected chi connectivity index (χ1v) is 17.5. The number of ether oxygens (including phenoxy) is 1. The molecule has 0 unspecified atom stereocenters. The Morgan fingerprint density at radius 3 is 2.36 bits per heavy atom. The predicted molar refractivity (Wildman–Crippen MR) is 195 cm³/mol. The van der Waals surface area contributed by atoms with Crippen LogP contribution in [-0.4, -0.2) is 84.0 Å². The Morgan fingerprint density at radius 2 is 1.68 bits per heavy atom. The van der Waals surface area contributed by atoms with Crippen molar-refractivity contribution in [3.8, 4) is 5.69 Å². The van der Waals surface area contributed by atoms with Crippen LogP contribution in [0.2, 0.25) is 0 Å². The second kappa shape index (κ2) is 14.5. The summed E-state index contributed by atoms with van der Waals surface area (Å²) >= 11 is 0. The molecule has 1 fully saturated rings. The first-order chi connectivity index (χ1) is 24.0. The molecule has 2 amide bonds. The number of carbonyl (C=O) groups excluding carboxylic acids is 1. The molecule has 11 heteroatoms. The molecular formula is C39H48N6O5. The van der Waals surface area contributed by atoms with Gasteiger partial charge in [0.2, 0.25) is 5.91 Å². The fourth-order valence-corrected chi connectivity index (χ4v) is 7.59. The van der Waals surface area contributed by atoms with Crippen LogP contribution < -0.4 is 5.69 Å². The number of carboxylic acid groups (broad SMARTS) is 1. The van der Waals surface area contributed by atoms with Crippen molar-refractivity contribution in [1.29, 1.82) is 0 Å². The molecule has 0 bridgehead atoms. The number of hydrogen-bond acceptors (Lipinski definition) is 5. The number of hydrogen-bond donors (Lipinski definition) is 1. The third-order valence-electron chi connectivity index (χ3n) is 9.89. The van der Waals surface area contributed by atoms with Crippen molar-refractivity contribution in [2.24, 2.45) is 7.05 Å². The molecule has 0 radical (unpaired) electrons. The summed E-state index contributed by atoms with van der Waals surface area (Å²) in [6, 6.07) is 22.8. The van der Waals surface area contributed by atoms with E-state index in [0.29, 0.717) is 26.1 Å². The highest BCUT2D eigenvalue weighted by Crippen LogP contribution is 2.31. The number of imidazole rings is 2. The van der Waals surface area contributed by atoms with Gasteiger partial charge in [0.1, 0.15) is 5.82 Å². The summed E-state index contributed by atoms with van der Waals surface area (Å²) in [6.45, 7) is 8.18. The van der Waals surface area contributed by atoms with Crippen LogP contribution in [0.25, 0.3) is 27.8 Å². The third kappa shape index (κ3) is 7.05. The summed E-state index contributed by atoms with van der Waals surface area (Å²) in [4.78, 5) is 48.4. The number of para-hydroxylation sites is 4. The van der Waals surface area contributed by atoms with E-state index in [-0.39, 0.29) is 23.9 Å². The van der Waals surface area contributed by atoms with Crippen molar-refractivity contribution in [1.82, 2.24) is 28.5 Å². The lowest BCUT2D eigenvalue weighted by Crippen LogP contribution is -2.54. The minimum Gasteiger partial charge on any atom is -0.465 e. The number of nitrogens with zero attached hydrogens (tertiary/aromatic N) is 6. The molecule has 1 aliphatic heterocycles. The standard InChI is InChI=1S/C39H48N6O5/c1-39(2,3)45(38(48)49)30(24-27-17-19-29(20-18-27)44-34-16-9-8-15-33(34)41(4)37(44)47)25-35(46)42-21-10-12-28(26-42)36-40-31-13-6-7-14-32(31)43(36)22-11-23-50-5/h6-9,13-20,28,30H,10-12,21-26H2,1-5H3,(H,48,49)/t28-,30-/m1/s1. The van der Waals surface area contributed by atoms with Crippen LogP contribution in [0.4, 0.5) is 4.79 Å². The van der Waals surface area contributed by atoms with Crippen LogP contribution in [0.5, 0.6) is 0 Å². The predicted octanol–water partition coefficient (Wildman–Crippen LogP) is 6.20. The van der Waals surface area contributed by atoms with Crippen molar-refractivity contribution in [2.45, 2.75) is 76.9 Å². The fourth-order valence-electron chi connectivity index (χ4n) is 7.59. The number of carbonyl (C=O) groups is 2. The van der Waals surface area contributed by atoms with E-state index in [9.17, 15) is 19.5 Å². The number of amides is 2. The molecule has 3 heterocycles. The van der Waals surface area contributed by atoms with Gasteiger partial charge in [-0.1, -0.05) is 36.4 Å². The molecule has 0 aliphatic carbocycles. The molecule has 1 saturated heterocycles. The lowest BCUT2D eigenvalue weighted by molar-refractivity contribution is -0.134. The van der Waals surface area contributed by atoms with Gasteiger partial charge in [0.05, 0.1) is 27.8 Å². The molecule has 0 saturated carbocycles. The molecule has 1 N–H and O–H groups in total. The molecule has 2 atom stereocenters. The number of aromatic nitrogens is 4. The summed E-state index contributed by atoms with van der Waals surface area (Å²) < 4.78 is 10.9. The van der Waals surface area contributed by atoms with Gasteiger partial charge >= 0.3 is 11.8 Å². The Labute approximate surface area is 292 Å². The van der Waals surface area contributed by atoms with Crippen molar-refractivity contribution >= 4 is 34.1 Å². The molecule has 6 rings (SSSR count). The number of rotatable bonds is 11. The molecule has 11 nitrogen and oxygen atoms in total. The van der Waals surface area contributed by atoms with E-state index in [0.717, 1.165) is 64.9 Å². The second-order valence-electron chi connectivity index (χ2n) is 14.4. The van der Waals surface area contributed by atoms with Gasteiger partial charge in [-0.15, -0.1) is 0 Å². The lowest BCUT2D eigenvalue weighted by Gasteiger charge is -2.41. The Bertz CT molecular complexity index is 2040. The normalized spacial score (nSPS) is 15.9. The van der Waals surface area contributed by atoms with E-state index in [2.05, 4.69) is 10.6 Å². The number of piperidine rings is 1. The fraction of sp³-hybridized carbons (Fsp3) is 0.436. The Hall–Kier alpha value is -4.90. The zero-order valence-electron chi connectivity index (χ0n) is 29.7. The molecule has 0 spiro atoms. The maximum atomic E-state index is 14.1. The van der Waals surface area contributed by atoms with Crippen LogP contribution in [-0.2, 0) is 29.5 Å². The second-order valence-corrected chi connectivity index (χ2v) is 14.4. The minimum atomic E-state index is -1.06. The van der Waals surface area contributed by atoms with Gasteiger partial charge in [-0.2, -0.15) is 0 Å².